The van der Waals surface area contributed by atoms with Crippen LogP contribution in [0, 0.1) is 6.92 Å². The van der Waals surface area contributed by atoms with Gasteiger partial charge in [-0.25, -0.2) is 4.79 Å². The summed E-state index contributed by atoms with van der Waals surface area (Å²) in [5.74, 6) is 0. The van der Waals surface area contributed by atoms with Gasteiger partial charge in [0.15, 0.2) is 0 Å². The van der Waals surface area contributed by atoms with Gasteiger partial charge in [-0.15, -0.1) is 0 Å². The van der Waals surface area contributed by atoms with Crippen molar-refractivity contribution >= 4 is 11.7 Å². The quantitative estimate of drug-likeness (QED) is 0.866. The number of pyridine rings is 1. The predicted octanol–water partition coefficient (Wildman–Crippen LogP) is 1.63. The number of nitrogens with one attached hydrogen (secondary N) is 2. The van der Waals surface area contributed by atoms with Crippen molar-refractivity contribution in [3.8, 4) is 0 Å². The van der Waals surface area contributed by atoms with Gasteiger partial charge >= 0.3 is 6.03 Å². The monoisotopic (exact) mass is 342 g/mol. The molecule has 2 aromatic rings. The summed E-state index contributed by atoms with van der Waals surface area (Å²) in [6.07, 6.45) is 10.4. The third kappa shape index (κ3) is 4.71. The van der Waals surface area contributed by atoms with Crippen molar-refractivity contribution in [2.75, 3.05) is 24.5 Å². The summed E-state index contributed by atoms with van der Waals surface area (Å²) in [5, 5.41) is 10.3. The number of hydrogen-bond acceptors (Lipinski definition) is 4. The summed E-state index contributed by atoms with van der Waals surface area (Å²) in [7, 11) is 1.92. The Hall–Kier alpha value is -2.57. The van der Waals surface area contributed by atoms with Crippen LogP contribution in [-0.2, 0) is 13.5 Å². The van der Waals surface area contributed by atoms with E-state index in [0.717, 1.165) is 43.6 Å². The SMILES string of the molecule is Cc1cnccc1CCNC(=O)N[C@@H]1CCCN(c2cnn(C)c2)C1. The van der Waals surface area contributed by atoms with Gasteiger partial charge in [0.1, 0.15) is 0 Å². The van der Waals surface area contributed by atoms with Crippen LogP contribution in [0.2, 0.25) is 0 Å². The molecule has 0 spiro atoms. The highest BCUT2D eigenvalue weighted by atomic mass is 16.2. The van der Waals surface area contributed by atoms with Crippen molar-refractivity contribution in [1.29, 1.82) is 0 Å². The van der Waals surface area contributed by atoms with Gasteiger partial charge in [0.05, 0.1) is 11.9 Å². The van der Waals surface area contributed by atoms with Gasteiger partial charge < -0.3 is 15.5 Å². The Morgan fingerprint density at radius 1 is 1.40 bits per heavy atom. The van der Waals surface area contributed by atoms with Gasteiger partial charge in [-0.2, -0.15) is 5.10 Å². The van der Waals surface area contributed by atoms with Gasteiger partial charge in [0, 0.05) is 51.3 Å². The fourth-order valence-corrected chi connectivity index (χ4v) is 3.23. The second kappa shape index (κ2) is 8.00. The first-order chi connectivity index (χ1) is 12.1. The zero-order valence-electron chi connectivity index (χ0n) is 14.9. The lowest BCUT2D eigenvalue weighted by molar-refractivity contribution is 0.235. The fourth-order valence-electron chi connectivity index (χ4n) is 3.23. The average Bonchev–Trinajstić information content (AvgIpc) is 3.03. The van der Waals surface area contributed by atoms with Gasteiger partial charge in [-0.3, -0.25) is 9.67 Å². The minimum atomic E-state index is -0.0928. The van der Waals surface area contributed by atoms with Crippen molar-refractivity contribution in [3.63, 3.8) is 0 Å². The molecule has 0 unspecified atom stereocenters. The first kappa shape index (κ1) is 17.3. The number of urea groups is 1. The highest BCUT2D eigenvalue weighted by Gasteiger charge is 2.22. The third-order valence-corrected chi connectivity index (χ3v) is 4.63. The number of piperidine rings is 1. The third-order valence-electron chi connectivity index (χ3n) is 4.63. The standard InChI is InChI=1S/C18H26N6O/c1-14-10-19-7-5-15(14)6-8-20-18(25)22-16-4-3-9-24(12-16)17-11-21-23(2)13-17/h5,7,10-11,13,16H,3-4,6,8-9,12H2,1-2H3,(H2,20,22,25)/t16-/m1/s1. The van der Waals surface area contributed by atoms with Crippen LogP contribution in [0.1, 0.15) is 24.0 Å². The highest BCUT2D eigenvalue weighted by Crippen LogP contribution is 2.18. The molecular formula is C18H26N6O. The van der Waals surface area contributed by atoms with E-state index in [1.807, 2.05) is 38.6 Å². The van der Waals surface area contributed by atoms with E-state index < -0.39 is 0 Å². The number of aryl methyl sites for hydroxylation is 2. The molecule has 1 atom stereocenters. The molecule has 1 fully saturated rings. The summed E-state index contributed by atoms with van der Waals surface area (Å²) in [6.45, 7) is 4.49. The zero-order chi connectivity index (χ0) is 17.6. The Balaban J connectivity index is 1.43. The number of aromatic nitrogens is 3. The first-order valence-corrected chi connectivity index (χ1v) is 8.79. The van der Waals surface area contributed by atoms with Gasteiger partial charge in [-0.1, -0.05) is 0 Å². The molecule has 0 aromatic carbocycles. The smallest absolute Gasteiger partial charge is 0.315 e. The molecule has 3 rings (SSSR count). The van der Waals surface area contributed by atoms with E-state index >= 15 is 0 Å². The molecule has 1 aliphatic rings. The van der Waals surface area contributed by atoms with Crippen LogP contribution in [0.5, 0.6) is 0 Å². The van der Waals surface area contributed by atoms with E-state index in [2.05, 4.69) is 25.6 Å². The lowest BCUT2D eigenvalue weighted by atomic mass is 10.1. The molecular weight excluding hydrogens is 316 g/mol. The van der Waals surface area contributed by atoms with Crippen molar-refractivity contribution in [2.45, 2.75) is 32.2 Å². The molecule has 0 radical (unpaired) electrons. The minimum absolute atomic E-state index is 0.0928. The number of nitrogens with zero attached hydrogens (tertiary/aromatic N) is 4. The van der Waals surface area contributed by atoms with E-state index in [9.17, 15) is 4.79 Å². The molecule has 7 nitrogen and oxygen atoms in total. The molecule has 1 saturated heterocycles. The van der Waals surface area contributed by atoms with Crippen LogP contribution < -0.4 is 15.5 Å². The Morgan fingerprint density at radius 3 is 3.04 bits per heavy atom. The van der Waals surface area contributed by atoms with Crippen LogP contribution in [0.3, 0.4) is 0 Å². The second-order valence-corrected chi connectivity index (χ2v) is 6.61. The van der Waals surface area contributed by atoms with Crippen LogP contribution >= 0.6 is 0 Å². The molecule has 7 heteroatoms. The normalized spacial score (nSPS) is 17.4. The van der Waals surface area contributed by atoms with E-state index in [1.54, 1.807) is 10.9 Å². The summed E-state index contributed by atoms with van der Waals surface area (Å²) in [5.41, 5.74) is 3.49. The Labute approximate surface area is 148 Å². The van der Waals surface area contributed by atoms with Crippen molar-refractivity contribution in [1.82, 2.24) is 25.4 Å². The maximum Gasteiger partial charge on any atom is 0.315 e. The lowest BCUT2D eigenvalue weighted by Crippen LogP contribution is -2.50. The molecule has 134 valence electrons. The number of carbonyl (C=O) groups excluding carboxylic acids is 1. The number of amides is 2. The Kier molecular flexibility index (Phi) is 5.53. The molecule has 1 aliphatic heterocycles. The molecule has 2 N–H and O–H groups in total. The number of hydrogen-bond donors (Lipinski definition) is 2. The van der Waals surface area contributed by atoms with Crippen molar-refractivity contribution in [2.24, 2.45) is 7.05 Å². The molecule has 0 bridgehead atoms. The molecule has 0 saturated carbocycles. The van der Waals surface area contributed by atoms with Crippen LogP contribution in [0.15, 0.2) is 30.9 Å². The molecule has 2 amide bonds. The summed E-state index contributed by atoms with van der Waals surface area (Å²) in [4.78, 5) is 18.5. The maximum atomic E-state index is 12.2. The van der Waals surface area contributed by atoms with Crippen LogP contribution in [0.4, 0.5) is 10.5 Å². The lowest BCUT2D eigenvalue weighted by Gasteiger charge is -2.33. The topological polar surface area (TPSA) is 75.1 Å². The summed E-state index contributed by atoms with van der Waals surface area (Å²) < 4.78 is 1.81. The molecule has 3 heterocycles. The summed E-state index contributed by atoms with van der Waals surface area (Å²) >= 11 is 0. The fraction of sp³-hybridized carbons (Fsp3) is 0.500. The van der Waals surface area contributed by atoms with E-state index in [0.29, 0.717) is 6.54 Å². The first-order valence-electron chi connectivity index (χ1n) is 8.79. The minimum Gasteiger partial charge on any atom is -0.367 e. The van der Waals surface area contributed by atoms with Gasteiger partial charge in [0.25, 0.3) is 0 Å². The number of anilines is 1. The van der Waals surface area contributed by atoms with E-state index in [-0.39, 0.29) is 12.1 Å². The summed E-state index contributed by atoms with van der Waals surface area (Å²) in [6, 6.07) is 2.07. The maximum absolute atomic E-state index is 12.2. The van der Waals surface area contributed by atoms with Crippen LogP contribution in [0.25, 0.3) is 0 Å². The Bertz CT molecular complexity index is 713. The zero-order valence-corrected chi connectivity index (χ0v) is 14.9. The van der Waals surface area contributed by atoms with Gasteiger partial charge in [-0.05, 0) is 43.4 Å². The number of carbonyl (C=O) groups is 1. The molecule has 0 aliphatic carbocycles. The second-order valence-electron chi connectivity index (χ2n) is 6.61. The average molecular weight is 342 g/mol. The highest BCUT2D eigenvalue weighted by molar-refractivity contribution is 5.74. The Morgan fingerprint density at radius 2 is 2.28 bits per heavy atom. The van der Waals surface area contributed by atoms with E-state index in [1.165, 1.54) is 5.56 Å². The number of rotatable bonds is 5. The van der Waals surface area contributed by atoms with Crippen molar-refractivity contribution < 1.29 is 4.79 Å². The van der Waals surface area contributed by atoms with Crippen LogP contribution in [-0.4, -0.2) is 46.5 Å². The van der Waals surface area contributed by atoms with E-state index in [4.69, 9.17) is 0 Å². The van der Waals surface area contributed by atoms with Gasteiger partial charge in [0.2, 0.25) is 0 Å². The largest absolute Gasteiger partial charge is 0.367 e. The molecule has 25 heavy (non-hydrogen) atoms. The molecule has 2 aromatic heterocycles. The van der Waals surface area contributed by atoms with Crippen molar-refractivity contribution in [3.05, 3.63) is 42.0 Å². The predicted molar refractivity (Wildman–Crippen MR) is 97.7 cm³/mol.